The molecule has 0 aromatic heterocycles. The Morgan fingerprint density at radius 3 is 1.01 bits per heavy atom. The number of rotatable bonds is 75. The lowest BCUT2D eigenvalue weighted by Gasteiger charge is -2.30. The summed E-state index contributed by atoms with van der Waals surface area (Å²) in [6.45, 7) is 6.88. The van der Waals surface area contributed by atoms with Crippen LogP contribution in [-0.2, 0) is 27.9 Å². The fourth-order valence-electron chi connectivity index (χ4n) is 12.2. The monoisotopic (exact) mass is 1330 g/mol. The van der Waals surface area contributed by atoms with Crippen molar-refractivity contribution in [2.24, 2.45) is 0 Å². The zero-order valence-corrected chi connectivity index (χ0v) is 63.6. The van der Waals surface area contributed by atoms with Crippen molar-refractivity contribution >= 4 is 19.7 Å². The van der Waals surface area contributed by atoms with E-state index in [1.54, 1.807) is 0 Å². The zero-order chi connectivity index (χ0) is 67.8. The number of carbonyl (C=O) groups is 2. The standard InChI is InChI=1S/C83H157N2O7P/c1-7-10-13-16-19-22-25-28-30-32-34-36-38-40-42-44-46-48-50-52-54-57-60-63-66-69-72-75-82(86)84-80(79-91-93(88,89)90-78-77-85(4,5)6)81(74-71-68-65-62-59-56-27-24-21-18-15-12-9-3)92-83(87)76-73-70-67-64-61-58-55-53-51-49-47-45-43-41-39-37-35-33-31-29-26-23-20-17-14-11-8-2/h19,22,28-31,34,36,71,74,80-81H,7-18,20-21,23-27,32-33,35,37-70,72-73,75-79H2,1-6H3,(H-,84,86,88,89)/b22-19-,30-28-,31-29+,36-34-,74-71+. The molecule has 0 aromatic carbocycles. The Morgan fingerprint density at radius 1 is 0.376 bits per heavy atom. The van der Waals surface area contributed by atoms with Gasteiger partial charge in [-0.3, -0.25) is 14.2 Å². The minimum absolute atomic E-state index is 0.0209. The molecule has 0 rings (SSSR count). The minimum atomic E-state index is -4.71. The second-order valence-corrected chi connectivity index (χ2v) is 30.3. The van der Waals surface area contributed by atoms with E-state index in [9.17, 15) is 19.0 Å². The summed E-state index contributed by atoms with van der Waals surface area (Å²) in [5, 5.41) is 3.06. The number of carbonyl (C=O) groups excluding carboxylic acids is 2. The molecule has 1 N–H and O–H groups in total. The molecule has 0 heterocycles. The van der Waals surface area contributed by atoms with Crippen LogP contribution >= 0.6 is 7.82 Å². The fraction of sp³-hybridized carbons (Fsp3) is 0.855. The molecule has 3 atom stereocenters. The van der Waals surface area contributed by atoms with E-state index in [4.69, 9.17) is 13.8 Å². The topological polar surface area (TPSA) is 114 Å². The average molecular weight is 1330 g/mol. The number of esters is 1. The lowest BCUT2D eigenvalue weighted by atomic mass is 10.0. The van der Waals surface area contributed by atoms with Crippen LogP contribution in [0.5, 0.6) is 0 Å². The summed E-state index contributed by atoms with van der Waals surface area (Å²) < 4.78 is 30.6. The van der Waals surface area contributed by atoms with Crippen LogP contribution in [0.1, 0.15) is 406 Å². The number of hydrogen-bond donors (Lipinski definition) is 1. The number of allylic oxidation sites excluding steroid dienone is 9. The molecule has 1 amide bonds. The van der Waals surface area contributed by atoms with Crippen molar-refractivity contribution in [3.8, 4) is 0 Å². The molecule has 0 aliphatic rings. The smallest absolute Gasteiger partial charge is 0.306 e. The normalized spacial score (nSPS) is 13.7. The van der Waals surface area contributed by atoms with E-state index >= 15 is 0 Å². The summed E-state index contributed by atoms with van der Waals surface area (Å²) in [6, 6.07) is -0.890. The maximum absolute atomic E-state index is 13.7. The number of nitrogens with one attached hydrogen (secondary N) is 1. The van der Waals surface area contributed by atoms with Gasteiger partial charge < -0.3 is 28.5 Å². The molecule has 10 heteroatoms. The Hall–Kier alpha value is -2.29. The number of phosphoric ester groups is 1. The predicted molar refractivity (Wildman–Crippen MR) is 404 cm³/mol. The molecule has 0 aromatic rings. The number of ether oxygens (including phenoxy) is 1. The van der Waals surface area contributed by atoms with Crippen molar-refractivity contribution < 1.29 is 37.3 Å². The Kier molecular flexibility index (Phi) is 70.7. The fourth-order valence-corrected chi connectivity index (χ4v) is 12.9. The summed E-state index contributed by atoms with van der Waals surface area (Å²) in [4.78, 5) is 40.4. The molecular weight excluding hydrogens is 1170 g/mol. The first-order valence-corrected chi connectivity index (χ1v) is 42.1. The van der Waals surface area contributed by atoms with Gasteiger partial charge in [0.2, 0.25) is 5.91 Å². The molecule has 9 nitrogen and oxygen atoms in total. The summed E-state index contributed by atoms with van der Waals surface area (Å²) in [5.74, 6) is -0.521. The molecule has 0 saturated heterocycles. The van der Waals surface area contributed by atoms with Gasteiger partial charge in [0.25, 0.3) is 7.82 Å². The van der Waals surface area contributed by atoms with Gasteiger partial charge in [-0.25, -0.2) is 0 Å². The number of quaternary nitrogens is 1. The van der Waals surface area contributed by atoms with Crippen molar-refractivity contribution in [2.75, 3.05) is 40.9 Å². The third-order valence-corrected chi connectivity index (χ3v) is 19.4. The first kappa shape index (κ1) is 90.7. The molecule has 0 fully saturated rings. The molecule has 0 spiro atoms. The van der Waals surface area contributed by atoms with Gasteiger partial charge in [0, 0.05) is 12.8 Å². The molecule has 546 valence electrons. The van der Waals surface area contributed by atoms with Crippen LogP contribution in [0.25, 0.3) is 0 Å². The number of unbranched alkanes of at least 4 members (excludes halogenated alkanes) is 51. The number of likely N-dealkylation sites (N-methyl/N-ethyl adjacent to an activating group) is 1. The maximum atomic E-state index is 13.7. The number of phosphoric acid groups is 1. The number of nitrogens with zero attached hydrogens (tertiary/aromatic N) is 1. The molecule has 0 aliphatic carbocycles. The van der Waals surface area contributed by atoms with Gasteiger partial charge in [-0.2, -0.15) is 0 Å². The van der Waals surface area contributed by atoms with Crippen molar-refractivity contribution in [2.45, 2.75) is 418 Å². The minimum Gasteiger partial charge on any atom is -0.756 e. The van der Waals surface area contributed by atoms with Gasteiger partial charge in [-0.1, -0.05) is 358 Å². The van der Waals surface area contributed by atoms with E-state index in [1.165, 1.54) is 302 Å². The van der Waals surface area contributed by atoms with E-state index in [0.29, 0.717) is 17.4 Å². The second kappa shape index (κ2) is 72.5. The molecular formula is C83H157N2O7P. The van der Waals surface area contributed by atoms with Crippen LogP contribution < -0.4 is 10.2 Å². The maximum Gasteiger partial charge on any atom is 0.306 e. The highest BCUT2D eigenvalue weighted by Crippen LogP contribution is 2.38. The molecule has 0 aliphatic heterocycles. The van der Waals surface area contributed by atoms with E-state index in [-0.39, 0.29) is 31.5 Å². The summed E-state index contributed by atoms with van der Waals surface area (Å²) in [7, 11) is 1.20. The Labute approximate surface area is 579 Å². The third-order valence-electron chi connectivity index (χ3n) is 18.4. The largest absolute Gasteiger partial charge is 0.756 e. The van der Waals surface area contributed by atoms with Crippen molar-refractivity contribution in [1.82, 2.24) is 5.32 Å². The lowest BCUT2D eigenvalue weighted by Crippen LogP contribution is -2.47. The molecule has 0 bridgehead atoms. The molecule has 0 saturated carbocycles. The Balaban J connectivity index is 4.92. The number of hydrogen-bond acceptors (Lipinski definition) is 7. The molecule has 0 radical (unpaired) electrons. The van der Waals surface area contributed by atoms with Crippen LogP contribution in [0, 0.1) is 0 Å². The highest BCUT2D eigenvalue weighted by molar-refractivity contribution is 7.45. The molecule has 93 heavy (non-hydrogen) atoms. The molecule has 3 unspecified atom stereocenters. The predicted octanol–water partition coefficient (Wildman–Crippen LogP) is 25.8. The Bertz CT molecular complexity index is 1770. The van der Waals surface area contributed by atoms with Crippen molar-refractivity contribution in [1.29, 1.82) is 0 Å². The van der Waals surface area contributed by atoms with Gasteiger partial charge >= 0.3 is 5.97 Å². The van der Waals surface area contributed by atoms with Gasteiger partial charge in [-0.05, 0) is 96.0 Å². The van der Waals surface area contributed by atoms with Crippen LogP contribution in [-0.4, -0.2) is 69.4 Å². The van der Waals surface area contributed by atoms with E-state index in [2.05, 4.69) is 74.7 Å². The zero-order valence-electron chi connectivity index (χ0n) is 62.7. The van der Waals surface area contributed by atoms with Crippen LogP contribution in [0.15, 0.2) is 60.8 Å². The summed E-state index contributed by atoms with van der Waals surface area (Å²) >= 11 is 0. The van der Waals surface area contributed by atoms with Gasteiger partial charge in [-0.15, -0.1) is 0 Å². The lowest BCUT2D eigenvalue weighted by molar-refractivity contribution is -0.870. The van der Waals surface area contributed by atoms with Crippen LogP contribution in [0.3, 0.4) is 0 Å². The van der Waals surface area contributed by atoms with E-state index in [0.717, 1.165) is 70.6 Å². The van der Waals surface area contributed by atoms with Crippen LogP contribution in [0.4, 0.5) is 0 Å². The SMILES string of the molecule is CCCCC/C=C\C/C=C\C/C=C\CCCCCCCCCCCCCCCCC(=O)NC(COP(=O)([O-])OCC[N+](C)(C)C)C(/C=C/CCCCCCCCCCCCC)OC(=O)CCCCCCCCCCCCCCCCCCC/C=C/CCCCCCCC. The quantitative estimate of drug-likeness (QED) is 0.0212. The van der Waals surface area contributed by atoms with Gasteiger partial charge in [0.1, 0.15) is 19.3 Å². The first-order valence-electron chi connectivity index (χ1n) is 40.6. The average Bonchev–Trinajstić information content (AvgIpc) is 2.31. The highest BCUT2D eigenvalue weighted by Gasteiger charge is 2.27. The van der Waals surface area contributed by atoms with Crippen molar-refractivity contribution in [3.05, 3.63) is 60.8 Å². The summed E-state index contributed by atoms with van der Waals surface area (Å²) in [5.41, 5.74) is 0. The van der Waals surface area contributed by atoms with Crippen LogP contribution in [0.2, 0.25) is 0 Å². The highest BCUT2D eigenvalue weighted by atomic mass is 31.2. The first-order chi connectivity index (χ1) is 45.4. The third kappa shape index (κ3) is 73.8. The second-order valence-electron chi connectivity index (χ2n) is 28.9. The van der Waals surface area contributed by atoms with E-state index < -0.39 is 20.0 Å². The van der Waals surface area contributed by atoms with E-state index in [1.807, 2.05) is 33.3 Å². The summed E-state index contributed by atoms with van der Waals surface area (Å²) in [6.07, 6.45) is 95.1. The Morgan fingerprint density at radius 2 is 0.656 bits per heavy atom. The van der Waals surface area contributed by atoms with Gasteiger partial charge in [0.15, 0.2) is 0 Å². The number of amides is 1. The van der Waals surface area contributed by atoms with Crippen molar-refractivity contribution in [3.63, 3.8) is 0 Å². The van der Waals surface area contributed by atoms with Gasteiger partial charge in [0.05, 0.1) is 33.8 Å².